The van der Waals surface area contributed by atoms with Crippen molar-refractivity contribution >= 4 is 12.6 Å². The van der Waals surface area contributed by atoms with Crippen molar-refractivity contribution in [1.82, 2.24) is 5.06 Å². The Morgan fingerprint density at radius 3 is 2.90 bits per heavy atom. The third kappa shape index (κ3) is 2.90. The Morgan fingerprint density at radius 2 is 2.30 bits per heavy atom. The minimum Gasteiger partial charge on any atom is -0.299 e. The van der Waals surface area contributed by atoms with Crippen LogP contribution in [-0.2, 0) is 4.84 Å². The highest BCUT2D eigenvalue weighted by Gasteiger charge is 2.08. The molecule has 0 radical (unpaired) electrons. The summed E-state index contributed by atoms with van der Waals surface area (Å²) in [5.74, 6) is 0.958. The van der Waals surface area contributed by atoms with Crippen LogP contribution in [0.2, 0.25) is 0 Å². The van der Waals surface area contributed by atoms with E-state index in [1.807, 2.05) is 0 Å². The maximum absolute atomic E-state index is 5.38. The van der Waals surface area contributed by atoms with Gasteiger partial charge in [-0.15, -0.1) is 0 Å². The topological polar surface area (TPSA) is 12.5 Å². The lowest BCUT2D eigenvalue weighted by Crippen LogP contribution is -2.31. The van der Waals surface area contributed by atoms with Gasteiger partial charge in [0.05, 0.1) is 6.61 Å². The number of thiol groups is 1. The second-order valence-corrected chi connectivity index (χ2v) is 2.99. The summed E-state index contributed by atoms with van der Waals surface area (Å²) in [6.45, 7) is 3.06. The monoisotopic (exact) mass is 161 g/mol. The third-order valence-electron chi connectivity index (χ3n) is 1.64. The molecule has 0 aromatic rings. The fourth-order valence-corrected chi connectivity index (χ4v) is 1.21. The molecule has 1 heterocycles. The summed E-state index contributed by atoms with van der Waals surface area (Å²) in [7, 11) is 0. The van der Waals surface area contributed by atoms with Crippen molar-refractivity contribution in [3.8, 4) is 0 Å². The molecule has 0 atom stereocenters. The van der Waals surface area contributed by atoms with Crippen LogP contribution < -0.4 is 0 Å². The lowest BCUT2D eigenvalue weighted by atomic mass is 10.3. The van der Waals surface area contributed by atoms with Gasteiger partial charge in [0.25, 0.3) is 0 Å². The Bertz CT molecular complexity index is 83.7. The molecule has 2 nitrogen and oxygen atoms in total. The van der Waals surface area contributed by atoms with Crippen molar-refractivity contribution in [2.45, 2.75) is 19.3 Å². The van der Waals surface area contributed by atoms with Crippen LogP contribution in [0.25, 0.3) is 0 Å². The molecule has 0 N–H and O–H groups in total. The lowest BCUT2D eigenvalue weighted by molar-refractivity contribution is -0.179. The van der Waals surface area contributed by atoms with Gasteiger partial charge in [0.15, 0.2) is 0 Å². The first-order chi connectivity index (χ1) is 4.93. The van der Waals surface area contributed by atoms with Gasteiger partial charge in [-0.05, 0) is 25.0 Å². The second-order valence-electron chi connectivity index (χ2n) is 2.55. The van der Waals surface area contributed by atoms with Crippen molar-refractivity contribution in [1.29, 1.82) is 0 Å². The molecule has 3 heteroatoms. The minimum atomic E-state index is 0.909. The highest BCUT2D eigenvalue weighted by molar-refractivity contribution is 7.80. The summed E-state index contributed by atoms with van der Waals surface area (Å²) in [6.07, 6.45) is 3.63. The van der Waals surface area contributed by atoms with Crippen molar-refractivity contribution in [2.24, 2.45) is 0 Å². The average Bonchev–Trinajstić information content (AvgIpc) is 2.03. The quantitative estimate of drug-likeness (QED) is 0.627. The van der Waals surface area contributed by atoms with Gasteiger partial charge < -0.3 is 0 Å². The largest absolute Gasteiger partial charge is 0.299 e. The van der Waals surface area contributed by atoms with Gasteiger partial charge in [-0.25, -0.2) is 0 Å². The van der Waals surface area contributed by atoms with Gasteiger partial charge in [-0.1, -0.05) is 0 Å². The van der Waals surface area contributed by atoms with E-state index in [0.717, 1.165) is 31.9 Å². The Morgan fingerprint density at radius 1 is 1.40 bits per heavy atom. The van der Waals surface area contributed by atoms with Crippen LogP contribution >= 0.6 is 12.6 Å². The summed E-state index contributed by atoms with van der Waals surface area (Å²) in [5.41, 5.74) is 0. The second kappa shape index (κ2) is 4.99. The lowest BCUT2D eigenvalue weighted by Gasteiger charge is -2.25. The molecule has 0 saturated carbocycles. The zero-order valence-corrected chi connectivity index (χ0v) is 7.15. The zero-order valence-electron chi connectivity index (χ0n) is 6.25. The van der Waals surface area contributed by atoms with Gasteiger partial charge in [-0.3, -0.25) is 4.84 Å². The predicted octanol–water partition coefficient (Wildman–Crippen LogP) is 1.33. The Hall–Kier alpha value is 0.270. The Balaban J connectivity index is 2.02. The number of hydrogen-bond acceptors (Lipinski definition) is 3. The summed E-state index contributed by atoms with van der Waals surface area (Å²) in [6, 6.07) is 0. The molecule has 1 fully saturated rings. The number of hydrogen-bond donors (Lipinski definition) is 1. The normalized spacial score (nSPS) is 21.3. The number of hydroxylamine groups is 2. The minimum absolute atomic E-state index is 0.909. The predicted molar refractivity (Wildman–Crippen MR) is 45.2 cm³/mol. The number of rotatable bonds is 3. The fraction of sp³-hybridized carbons (Fsp3) is 1.00. The molecule has 0 bridgehead atoms. The molecule has 10 heavy (non-hydrogen) atoms. The molecule has 0 aliphatic carbocycles. The maximum Gasteiger partial charge on any atom is 0.0685 e. The molecule has 0 aromatic carbocycles. The summed E-state index contributed by atoms with van der Waals surface area (Å²) in [5, 5.41) is 2.06. The van der Waals surface area contributed by atoms with Crippen LogP contribution in [0, 0.1) is 0 Å². The molecule has 60 valence electrons. The van der Waals surface area contributed by atoms with Crippen molar-refractivity contribution in [2.75, 3.05) is 25.4 Å². The first kappa shape index (κ1) is 8.37. The van der Waals surface area contributed by atoms with Crippen molar-refractivity contribution in [3.05, 3.63) is 0 Å². The van der Waals surface area contributed by atoms with Crippen LogP contribution in [-0.4, -0.2) is 30.5 Å². The third-order valence-corrected chi connectivity index (χ3v) is 1.96. The van der Waals surface area contributed by atoms with Gasteiger partial charge in [0, 0.05) is 13.1 Å². The maximum atomic E-state index is 5.38. The standard InChI is InChI=1S/C7H15NOS/c10-7-3-5-8-4-1-2-6-9-8/h10H,1-7H2. The molecule has 0 aromatic heterocycles. The average molecular weight is 161 g/mol. The molecule has 0 amide bonds. The van der Waals surface area contributed by atoms with E-state index in [-0.39, 0.29) is 0 Å². The molecule has 1 rings (SSSR count). The van der Waals surface area contributed by atoms with E-state index in [1.54, 1.807) is 0 Å². The van der Waals surface area contributed by atoms with Gasteiger partial charge in [0.1, 0.15) is 0 Å². The van der Waals surface area contributed by atoms with Crippen LogP contribution in [0.15, 0.2) is 0 Å². The van der Waals surface area contributed by atoms with E-state index in [2.05, 4.69) is 17.7 Å². The van der Waals surface area contributed by atoms with Crippen LogP contribution in [0.4, 0.5) is 0 Å². The highest BCUT2D eigenvalue weighted by Crippen LogP contribution is 2.05. The molecule has 1 aliphatic rings. The summed E-state index contributed by atoms with van der Waals surface area (Å²) in [4.78, 5) is 5.38. The van der Waals surface area contributed by atoms with Crippen LogP contribution in [0.5, 0.6) is 0 Å². The SMILES string of the molecule is SCCCN1CCCCO1. The molecule has 1 aliphatic heterocycles. The number of nitrogens with zero attached hydrogens (tertiary/aromatic N) is 1. The molecular formula is C7H15NOS. The van der Waals surface area contributed by atoms with E-state index >= 15 is 0 Å². The van der Waals surface area contributed by atoms with E-state index in [9.17, 15) is 0 Å². The van der Waals surface area contributed by atoms with E-state index < -0.39 is 0 Å². The molecular weight excluding hydrogens is 146 g/mol. The van der Waals surface area contributed by atoms with Crippen LogP contribution in [0.1, 0.15) is 19.3 Å². The molecule has 1 saturated heterocycles. The first-order valence-corrected chi connectivity index (χ1v) is 4.55. The van der Waals surface area contributed by atoms with Crippen molar-refractivity contribution < 1.29 is 4.84 Å². The summed E-state index contributed by atoms with van der Waals surface area (Å²) < 4.78 is 0. The zero-order chi connectivity index (χ0) is 7.23. The van der Waals surface area contributed by atoms with Crippen molar-refractivity contribution in [3.63, 3.8) is 0 Å². The highest BCUT2D eigenvalue weighted by atomic mass is 32.1. The fourth-order valence-electron chi connectivity index (χ4n) is 1.07. The smallest absolute Gasteiger partial charge is 0.0685 e. The first-order valence-electron chi connectivity index (χ1n) is 3.92. The van der Waals surface area contributed by atoms with Crippen LogP contribution in [0.3, 0.4) is 0 Å². The van der Waals surface area contributed by atoms with E-state index in [1.165, 1.54) is 12.8 Å². The van der Waals surface area contributed by atoms with Gasteiger partial charge in [0.2, 0.25) is 0 Å². The molecule has 0 spiro atoms. The molecule has 0 unspecified atom stereocenters. The Kier molecular flexibility index (Phi) is 4.18. The Labute approximate surface area is 67.9 Å². The van der Waals surface area contributed by atoms with Gasteiger partial charge >= 0.3 is 0 Å². The van der Waals surface area contributed by atoms with Gasteiger partial charge in [-0.2, -0.15) is 17.7 Å². The summed E-state index contributed by atoms with van der Waals surface area (Å²) >= 11 is 4.14. The van der Waals surface area contributed by atoms with E-state index in [0.29, 0.717) is 0 Å². The van der Waals surface area contributed by atoms with E-state index in [4.69, 9.17) is 4.84 Å².